The predicted molar refractivity (Wildman–Crippen MR) is 98.8 cm³/mol. The minimum absolute atomic E-state index is 0.0262. The molecule has 3 rings (SSSR count). The fraction of sp³-hybridized carbons (Fsp3) is 0.294. The maximum atomic E-state index is 12.1. The van der Waals surface area contributed by atoms with Gasteiger partial charge in [-0.15, -0.1) is 11.3 Å². The molecule has 7 heteroatoms. The van der Waals surface area contributed by atoms with E-state index < -0.39 is 0 Å². The summed E-state index contributed by atoms with van der Waals surface area (Å²) in [5, 5.41) is 5.63. The summed E-state index contributed by atoms with van der Waals surface area (Å²) >= 11 is 7.47. The lowest BCUT2D eigenvalue weighted by Gasteiger charge is -2.10. The van der Waals surface area contributed by atoms with Gasteiger partial charge in [0, 0.05) is 40.9 Å². The number of nitrogens with zero attached hydrogens (tertiary/aromatic N) is 3. The number of thiazole rings is 1. The molecular formula is C17H19ClN4OS. The van der Waals surface area contributed by atoms with Crippen LogP contribution in [0.1, 0.15) is 5.69 Å². The molecule has 0 spiro atoms. The molecule has 0 saturated heterocycles. The fourth-order valence-electron chi connectivity index (χ4n) is 2.36. The number of amides is 1. The maximum absolute atomic E-state index is 12.1. The summed E-state index contributed by atoms with van der Waals surface area (Å²) < 4.78 is 1.99. The largest absolute Gasteiger partial charge is 0.354 e. The zero-order valence-corrected chi connectivity index (χ0v) is 15.2. The van der Waals surface area contributed by atoms with Crippen LogP contribution in [-0.2, 0) is 11.2 Å². The lowest BCUT2D eigenvalue weighted by atomic mass is 10.2. The van der Waals surface area contributed by atoms with Crippen molar-refractivity contribution in [3.63, 3.8) is 0 Å². The highest BCUT2D eigenvalue weighted by molar-refractivity contribution is 7.15. The average Bonchev–Trinajstić information content (AvgIpc) is 3.10. The number of halogens is 1. The molecule has 5 nitrogen and oxygen atoms in total. The van der Waals surface area contributed by atoms with Crippen molar-refractivity contribution in [2.75, 3.05) is 27.2 Å². The third kappa shape index (κ3) is 3.95. The Bertz CT molecular complexity index is 838. The van der Waals surface area contributed by atoms with Gasteiger partial charge in [-0.05, 0) is 26.2 Å². The molecule has 1 amide bonds. The van der Waals surface area contributed by atoms with E-state index in [-0.39, 0.29) is 5.91 Å². The number of aromatic nitrogens is 2. The van der Waals surface area contributed by atoms with Gasteiger partial charge in [0.2, 0.25) is 5.91 Å². The van der Waals surface area contributed by atoms with Crippen LogP contribution in [0.25, 0.3) is 16.2 Å². The Kier molecular flexibility index (Phi) is 5.18. The lowest BCUT2D eigenvalue weighted by molar-refractivity contribution is -0.120. The molecule has 0 saturated carbocycles. The number of carbonyl (C=O) groups excluding carboxylic acids is 1. The van der Waals surface area contributed by atoms with E-state index in [0.717, 1.165) is 28.5 Å². The summed E-state index contributed by atoms with van der Waals surface area (Å²) in [6.45, 7) is 1.48. The zero-order valence-electron chi connectivity index (χ0n) is 13.6. The van der Waals surface area contributed by atoms with Gasteiger partial charge in [0.05, 0.1) is 12.1 Å². The quantitative estimate of drug-likeness (QED) is 0.733. The van der Waals surface area contributed by atoms with Crippen molar-refractivity contribution in [2.45, 2.75) is 6.42 Å². The summed E-state index contributed by atoms with van der Waals surface area (Å²) in [6, 6.07) is 7.59. The van der Waals surface area contributed by atoms with E-state index in [1.54, 1.807) is 11.3 Å². The van der Waals surface area contributed by atoms with Gasteiger partial charge in [-0.3, -0.25) is 9.20 Å². The Morgan fingerprint density at radius 2 is 2.08 bits per heavy atom. The Morgan fingerprint density at radius 1 is 1.33 bits per heavy atom. The molecule has 0 aliphatic rings. The Hall–Kier alpha value is -1.89. The smallest absolute Gasteiger partial charge is 0.226 e. The van der Waals surface area contributed by atoms with E-state index >= 15 is 0 Å². The van der Waals surface area contributed by atoms with Crippen LogP contribution in [-0.4, -0.2) is 47.4 Å². The van der Waals surface area contributed by atoms with Crippen LogP contribution in [0.3, 0.4) is 0 Å². The van der Waals surface area contributed by atoms with Gasteiger partial charge < -0.3 is 10.2 Å². The molecule has 0 fully saturated rings. The first-order chi connectivity index (χ1) is 11.5. The SMILES string of the molecule is CN(C)CCNC(=O)Cc1csc2nc(-c3ccc(Cl)cc3)cn12. The predicted octanol–water partition coefficient (Wildman–Crippen LogP) is 2.94. The van der Waals surface area contributed by atoms with E-state index in [1.807, 2.05) is 59.2 Å². The summed E-state index contributed by atoms with van der Waals surface area (Å²) in [5.41, 5.74) is 2.84. The molecule has 0 aliphatic carbocycles. The molecular weight excluding hydrogens is 344 g/mol. The van der Waals surface area contributed by atoms with E-state index in [0.29, 0.717) is 18.0 Å². The third-order valence-corrected chi connectivity index (χ3v) is 4.79. The second-order valence-corrected chi connectivity index (χ2v) is 7.12. The zero-order chi connectivity index (χ0) is 17.1. The van der Waals surface area contributed by atoms with Gasteiger partial charge in [-0.25, -0.2) is 4.98 Å². The van der Waals surface area contributed by atoms with Crippen molar-refractivity contribution in [1.82, 2.24) is 19.6 Å². The second-order valence-electron chi connectivity index (χ2n) is 5.84. The molecule has 1 aromatic carbocycles. The van der Waals surface area contributed by atoms with Crippen LogP contribution >= 0.6 is 22.9 Å². The van der Waals surface area contributed by atoms with Gasteiger partial charge in [-0.1, -0.05) is 23.7 Å². The molecule has 2 aromatic heterocycles. The van der Waals surface area contributed by atoms with Crippen LogP contribution in [0.2, 0.25) is 5.02 Å². The highest BCUT2D eigenvalue weighted by Gasteiger charge is 2.12. The van der Waals surface area contributed by atoms with Gasteiger partial charge in [0.1, 0.15) is 0 Å². The van der Waals surface area contributed by atoms with Crippen molar-refractivity contribution in [2.24, 2.45) is 0 Å². The van der Waals surface area contributed by atoms with Crippen LogP contribution in [0.5, 0.6) is 0 Å². The fourth-order valence-corrected chi connectivity index (χ4v) is 3.36. The standard InChI is InChI=1S/C17H19ClN4OS/c1-21(2)8-7-19-16(23)9-14-11-24-17-20-15(10-22(14)17)12-3-5-13(18)6-4-12/h3-6,10-11H,7-9H2,1-2H3,(H,19,23). The van der Waals surface area contributed by atoms with Crippen molar-refractivity contribution in [3.8, 4) is 11.3 Å². The van der Waals surface area contributed by atoms with Crippen LogP contribution in [0, 0.1) is 0 Å². The second kappa shape index (κ2) is 7.34. The van der Waals surface area contributed by atoms with E-state index in [4.69, 9.17) is 11.6 Å². The first-order valence-electron chi connectivity index (χ1n) is 7.66. The number of carbonyl (C=O) groups is 1. The number of hydrogen-bond donors (Lipinski definition) is 1. The first kappa shape index (κ1) is 17.0. The number of likely N-dealkylation sites (N-methyl/N-ethyl adjacent to an activating group) is 1. The maximum Gasteiger partial charge on any atom is 0.226 e. The molecule has 0 bridgehead atoms. The molecule has 0 unspecified atom stereocenters. The summed E-state index contributed by atoms with van der Waals surface area (Å²) in [4.78, 5) is 19.6. The van der Waals surface area contributed by atoms with Crippen LogP contribution in [0.4, 0.5) is 0 Å². The normalized spacial score (nSPS) is 11.3. The average molecular weight is 363 g/mol. The molecule has 2 heterocycles. The van der Waals surface area contributed by atoms with Crippen molar-refractivity contribution in [3.05, 3.63) is 46.6 Å². The molecule has 1 N–H and O–H groups in total. The Balaban J connectivity index is 1.73. The summed E-state index contributed by atoms with van der Waals surface area (Å²) in [5.74, 6) is 0.0262. The van der Waals surface area contributed by atoms with Gasteiger partial charge >= 0.3 is 0 Å². The van der Waals surface area contributed by atoms with Gasteiger partial charge in [0.15, 0.2) is 4.96 Å². The molecule has 0 aliphatic heterocycles. The number of fused-ring (bicyclic) bond motifs is 1. The molecule has 3 aromatic rings. The van der Waals surface area contributed by atoms with Gasteiger partial charge in [-0.2, -0.15) is 0 Å². The minimum Gasteiger partial charge on any atom is -0.354 e. The minimum atomic E-state index is 0.0262. The number of nitrogens with one attached hydrogen (secondary N) is 1. The molecule has 0 atom stereocenters. The molecule has 0 radical (unpaired) electrons. The highest BCUT2D eigenvalue weighted by atomic mass is 35.5. The Labute approximate surface area is 149 Å². The number of rotatable bonds is 6. The van der Waals surface area contributed by atoms with Crippen LogP contribution in [0.15, 0.2) is 35.8 Å². The van der Waals surface area contributed by atoms with Gasteiger partial charge in [0.25, 0.3) is 0 Å². The lowest BCUT2D eigenvalue weighted by Crippen LogP contribution is -2.32. The van der Waals surface area contributed by atoms with E-state index in [1.165, 1.54) is 0 Å². The summed E-state index contributed by atoms with van der Waals surface area (Å²) in [7, 11) is 3.97. The van der Waals surface area contributed by atoms with E-state index in [9.17, 15) is 4.79 Å². The number of benzene rings is 1. The third-order valence-electron chi connectivity index (χ3n) is 3.65. The van der Waals surface area contributed by atoms with Crippen molar-refractivity contribution in [1.29, 1.82) is 0 Å². The highest BCUT2D eigenvalue weighted by Crippen LogP contribution is 2.25. The van der Waals surface area contributed by atoms with Crippen LogP contribution < -0.4 is 5.32 Å². The van der Waals surface area contributed by atoms with Crippen molar-refractivity contribution < 1.29 is 4.79 Å². The first-order valence-corrected chi connectivity index (χ1v) is 8.91. The topological polar surface area (TPSA) is 49.6 Å². The van der Waals surface area contributed by atoms with E-state index in [2.05, 4.69) is 10.3 Å². The number of hydrogen-bond acceptors (Lipinski definition) is 4. The number of imidazole rings is 1. The molecule has 126 valence electrons. The van der Waals surface area contributed by atoms with Crippen molar-refractivity contribution >= 4 is 33.8 Å². The molecule has 24 heavy (non-hydrogen) atoms. The Morgan fingerprint density at radius 3 is 2.79 bits per heavy atom. The summed E-state index contributed by atoms with van der Waals surface area (Å²) in [6.07, 6.45) is 2.32. The monoisotopic (exact) mass is 362 g/mol.